The Balaban J connectivity index is 2.22. The van der Waals surface area contributed by atoms with Crippen molar-refractivity contribution in [2.45, 2.75) is 46.0 Å². The molecule has 0 aromatic heterocycles. The second-order valence-electron chi connectivity index (χ2n) is 5.64. The lowest BCUT2D eigenvalue weighted by atomic mass is 9.97. The Hall–Kier alpha value is -1.84. The highest BCUT2D eigenvalue weighted by Gasteiger charge is 2.29. The van der Waals surface area contributed by atoms with Crippen LogP contribution in [0.1, 0.15) is 55.5 Å². The van der Waals surface area contributed by atoms with Gasteiger partial charge in [-0.05, 0) is 37.0 Å². The van der Waals surface area contributed by atoms with Gasteiger partial charge in [0.2, 0.25) is 5.91 Å². The van der Waals surface area contributed by atoms with Gasteiger partial charge in [-0.15, -0.1) is 0 Å². The number of rotatable bonds is 6. The average Bonchev–Trinajstić information content (AvgIpc) is 2.90. The number of benzene rings is 1. The maximum absolute atomic E-state index is 12.7. The molecule has 21 heavy (non-hydrogen) atoms. The molecule has 2 rings (SSSR count). The second kappa shape index (κ2) is 6.74. The summed E-state index contributed by atoms with van der Waals surface area (Å²) in [5, 5.41) is 9.11. The van der Waals surface area contributed by atoms with Crippen LogP contribution in [-0.4, -0.2) is 23.5 Å². The smallest absolute Gasteiger partial charge is 0.335 e. The van der Waals surface area contributed by atoms with Crippen LogP contribution in [0.4, 0.5) is 5.69 Å². The standard InChI is InChI=1S/C17H23NO3/c1-3-5-6-12(4-2)16(19)18-10-9-13-7-8-14(17(20)21)11-15(13)18/h7-8,11-12H,3-6,9-10H2,1-2H3,(H,20,21). The maximum Gasteiger partial charge on any atom is 0.335 e. The molecule has 4 nitrogen and oxygen atoms in total. The summed E-state index contributed by atoms with van der Waals surface area (Å²) in [6, 6.07) is 5.08. The minimum atomic E-state index is -0.949. The quantitative estimate of drug-likeness (QED) is 0.872. The zero-order valence-corrected chi connectivity index (χ0v) is 12.8. The van der Waals surface area contributed by atoms with E-state index >= 15 is 0 Å². The fourth-order valence-corrected chi connectivity index (χ4v) is 2.91. The van der Waals surface area contributed by atoms with Gasteiger partial charge < -0.3 is 10.0 Å². The van der Waals surface area contributed by atoms with E-state index in [1.165, 1.54) is 0 Å². The van der Waals surface area contributed by atoms with Crippen molar-refractivity contribution in [1.82, 2.24) is 0 Å². The first-order chi connectivity index (χ1) is 10.1. The van der Waals surface area contributed by atoms with E-state index in [1.807, 2.05) is 13.0 Å². The normalized spacial score (nSPS) is 14.9. The number of carbonyl (C=O) groups is 2. The average molecular weight is 289 g/mol. The number of anilines is 1. The van der Waals surface area contributed by atoms with E-state index in [-0.39, 0.29) is 17.4 Å². The molecule has 1 atom stereocenters. The molecule has 0 spiro atoms. The third-order valence-corrected chi connectivity index (χ3v) is 4.24. The number of aromatic carboxylic acids is 1. The third-order valence-electron chi connectivity index (χ3n) is 4.24. The molecule has 1 aliphatic heterocycles. The fourth-order valence-electron chi connectivity index (χ4n) is 2.91. The van der Waals surface area contributed by atoms with Crippen LogP contribution in [0.5, 0.6) is 0 Å². The topological polar surface area (TPSA) is 57.6 Å². The van der Waals surface area contributed by atoms with Crippen molar-refractivity contribution >= 4 is 17.6 Å². The van der Waals surface area contributed by atoms with Crippen molar-refractivity contribution in [3.63, 3.8) is 0 Å². The first-order valence-corrected chi connectivity index (χ1v) is 7.76. The second-order valence-corrected chi connectivity index (χ2v) is 5.64. The number of nitrogens with zero attached hydrogens (tertiary/aromatic N) is 1. The van der Waals surface area contributed by atoms with E-state index in [1.54, 1.807) is 17.0 Å². The summed E-state index contributed by atoms with van der Waals surface area (Å²) in [6.45, 7) is 4.84. The third kappa shape index (κ3) is 3.26. The molecule has 0 fully saturated rings. The molecule has 1 aromatic carbocycles. The van der Waals surface area contributed by atoms with Crippen LogP contribution in [-0.2, 0) is 11.2 Å². The first kappa shape index (κ1) is 15.5. The van der Waals surface area contributed by atoms with Crippen LogP contribution in [0.2, 0.25) is 0 Å². The minimum absolute atomic E-state index is 0.0457. The monoisotopic (exact) mass is 289 g/mol. The van der Waals surface area contributed by atoms with Crippen molar-refractivity contribution in [2.75, 3.05) is 11.4 Å². The van der Waals surface area contributed by atoms with Gasteiger partial charge in [-0.1, -0.05) is 32.8 Å². The van der Waals surface area contributed by atoms with Crippen LogP contribution in [0.15, 0.2) is 18.2 Å². The van der Waals surface area contributed by atoms with Crippen LogP contribution >= 0.6 is 0 Å². The minimum Gasteiger partial charge on any atom is -0.478 e. The number of hydrogen-bond acceptors (Lipinski definition) is 2. The van der Waals surface area contributed by atoms with Gasteiger partial charge >= 0.3 is 5.97 Å². The number of carbonyl (C=O) groups excluding carboxylic acids is 1. The van der Waals surface area contributed by atoms with Gasteiger partial charge in [-0.2, -0.15) is 0 Å². The van der Waals surface area contributed by atoms with Gasteiger partial charge in [0, 0.05) is 18.2 Å². The van der Waals surface area contributed by atoms with Gasteiger partial charge in [0.05, 0.1) is 5.56 Å². The largest absolute Gasteiger partial charge is 0.478 e. The molecule has 1 heterocycles. The number of unbranched alkanes of at least 4 members (excludes halogenated alkanes) is 1. The summed E-state index contributed by atoms with van der Waals surface area (Å²) in [7, 11) is 0. The van der Waals surface area contributed by atoms with Crippen LogP contribution in [0.3, 0.4) is 0 Å². The van der Waals surface area contributed by atoms with Crippen LogP contribution < -0.4 is 4.90 Å². The molecular weight excluding hydrogens is 266 g/mol. The molecule has 0 aliphatic carbocycles. The summed E-state index contributed by atoms with van der Waals surface area (Å²) < 4.78 is 0. The maximum atomic E-state index is 12.7. The van der Waals surface area contributed by atoms with Crippen molar-refractivity contribution in [1.29, 1.82) is 0 Å². The molecule has 1 unspecified atom stereocenters. The molecule has 0 radical (unpaired) electrons. The molecule has 1 aromatic rings. The predicted octanol–water partition coefficient (Wildman–Crippen LogP) is 3.49. The molecule has 0 saturated carbocycles. The molecule has 1 aliphatic rings. The highest BCUT2D eigenvalue weighted by atomic mass is 16.4. The van der Waals surface area contributed by atoms with E-state index in [0.717, 1.165) is 43.4 Å². The van der Waals surface area contributed by atoms with E-state index < -0.39 is 5.97 Å². The van der Waals surface area contributed by atoms with Crippen molar-refractivity contribution in [2.24, 2.45) is 5.92 Å². The van der Waals surface area contributed by atoms with Gasteiger partial charge in [0.1, 0.15) is 0 Å². The summed E-state index contributed by atoms with van der Waals surface area (Å²) in [5.74, 6) is -0.758. The number of amides is 1. The Morgan fingerprint density at radius 3 is 2.71 bits per heavy atom. The fraction of sp³-hybridized carbons (Fsp3) is 0.529. The zero-order chi connectivity index (χ0) is 15.4. The SMILES string of the molecule is CCCCC(CC)C(=O)N1CCc2ccc(C(=O)O)cc21. The molecule has 114 valence electrons. The number of hydrogen-bond donors (Lipinski definition) is 1. The highest BCUT2D eigenvalue weighted by molar-refractivity contribution is 5.98. The Labute approximate surface area is 125 Å². The lowest BCUT2D eigenvalue weighted by Crippen LogP contribution is -2.34. The van der Waals surface area contributed by atoms with E-state index in [9.17, 15) is 9.59 Å². The molecule has 4 heteroatoms. The summed E-state index contributed by atoms with van der Waals surface area (Å²) in [5.41, 5.74) is 2.10. The van der Waals surface area contributed by atoms with Crippen LogP contribution in [0.25, 0.3) is 0 Å². The Kier molecular flexibility index (Phi) is 4.99. The van der Waals surface area contributed by atoms with Gasteiger partial charge in [-0.3, -0.25) is 4.79 Å². The number of fused-ring (bicyclic) bond motifs is 1. The van der Waals surface area contributed by atoms with Crippen LogP contribution in [0, 0.1) is 5.92 Å². The van der Waals surface area contributed by atoms with E-state index in [0.29, 0.717) is 6.54 Å². The summed E-state index contributed by atoms with van der Waals surface area (Å²) in [4.78, 5) is 25.6. The summed E-state index contributed by atoms with van der Waals surface area (Å²) in [6.07, 6.45) is 4.70. The highest BCUT2D eigenvalue weighted by Crippen LogP contribution is 2.31. The summed E-state index contributed by atoms with van der Waals surface area (Å²) >= 11 is 0. The Morgan fingerprint density at radius 2 is 2.10 bits per heavy atom. The van der Waals surface area contributed by atoms with Crippen molar-refractivity contribution < 1.29 is 14.7 Å². The molecule has 0 bridgehead atoms. The van der Waals surface area contributed by atoms with Crippen molar-refractivity contribution in [3.8, 4) is 0 Å². The molecule has 1 amide bonds. The molecule has 1 N–H and O–H groups in total. The van der Waals surface area contributed by atoms with Gasteiger partial charge in [-0.25, -0.2) is 4.79 Å². The molecule has 0 saturated heterocycles. The first-order valence-electron chi connectivity index (χ1n) is 7.76. The Morgan fingerprint density at radius 1 is 1.33 bits per heavy atom. The lowest BCUT2D eigenvalue weighted by molar-refractivity contribution is -0.122. The zero-order valence-electron chi connectivity index (χ0n) is 12.8. The van der Waals surface area contributed by atoms with E-state index in [4.69, 9.17) is 5.11 Å². The molecular formula is C17H23NO3. The lowest BCUT2D eigenvalue weighted by Gasteiger charge is -2.23. The van der Waals surface area contributed by atoms with Crippen molar-refractivity contribution in [3.05, 3.63) is 29.3 Å². The predicted molar refractivity (Wildman–Crippen MR) is 82.8 cm³/mol. The van der Waals surface area contributed by atoms with E-state index in [2.05, 4.69) is 6.92 Å². The number of carboxylic acid groups (broad SMARTS) is 1. The number of carboxylic acids is 1. The van der Waals surface area contributed by atoms with Gasteiger partial charge in [0.15, 0.2) is 0 Å². The Bertz CT molecular complexity index is 539. The van der Waals surface area contributed by atoms with Gasteiger partial charge in [0.25, 0.3) is 0 Å².